The maximum Gasteiger partial charge on any atom is 0.232 e. The smallest absolute Gasteiger partial charge is 0.232 e. The van der Waals surface area contributed by atoms with Crippen molar-refractivity contribution < 1.29 is 8.42 Å². The largest absolute Gasteiger partial charge is 0.284 e. The van der Waals surface area contributed by atoms with Crippen LogP contribution in [0, 0.1) is 0 Å². The first kappa shape index (κ1) is 14.7. The molecule has 1 aromatic rings. The molecule has 0 atom stereocenters. The zero-order valence-electron chi connectivity index (χ0n) is 9.65. The van der Waals surface area contributed by atoms with Gasteiger partial charge in [-0.15, -0.1) is 23.4 Å². The van der Waals surface area contributed by atoms with E-state index in [9.17, 15) is 8.42 Å². The molecule has 0 fully saturated rings. The summed E-state index contributed by atoms with van der Waals surface area (Å²) in [6.45, 7) is 2.06. The fourth-order valence-corrected chi connectivity index (χ4v) is 3.41. The summed E-state index contributed by atoms with van der Waals surface area (Å²) in [7, 11) is -3.27. The fraction of sp³-hybridized carbons (Fsp3) is 0.455. The molecule has 0 amide bonds. The third-order valence-corrected chi connectivity index (χ3v) is 4.48. The maximum absolute atomic E-state index is 11.7. The first-order valence-corrected chi connectivity index (χ1v) is 8.54. The van der Waals surface area contributed by atoms with Crippen LogP contribution in [0.4, 0.5) is 5.69 Å². The van der Waals surface area contributed by atoms with E-state index in [1.54, 1.807) is 17.8 Å². The van der Waals surface area contributed by atoms with Crippen LogP contribution in [0.1, 0.15) is 13.3 Å². The number of benzene rings is 1. The second-order valence-electron chi connectivity index (χ2n) is 3.42. The van der Waals surface area contributed by atoms with Crippen LogP contribution in [-0.4, -0.2) is 25.8 Å². The predicted molar refractivity (Wildman–Crippen MR) is 75.6 cm³/mol. The fourth-order valence-electron chi connectivity index (χ4n) is 1.29. The molecule has 0 saturated carbocycles. The van der Waals surface area contributed by atoms with Gasteiger partial charge < -0.3 is 0 Å². The van der Waals surface area contributed by atoms with Crippen LogP contribution in [0.25, 0.3) is 0 Å². The second-order valence-corrected chi connectivity index (χ2v) is 6.98. The minimum absolute atomic E-state index is 0.0572. The standard InChI is InChI=1S/C11H16ClNO2S2/c1-2-16-11-6-3-5-10(9-11)13-17(14,15)8-4-7-12/h3,5-6,9,13H,2,4,7-8H2,1H3. The van der Waals surface area contributed by atoms with Crippen molar-refractivity contribution in [3.05, 3.63) is 24.3 Å². The Labute approximate surface area is 112 Å². The molecule has 1 aromatic carbocycles. The van der Waals surface area contributed by atoms with E-state index in [1.165, 1.54) is 0 Å². The number of sulfonamides is 1. The third kappa shape index (κ3) is 5.66. The van der Waals surface area contributed by atoms with Gasteiger partial charge in [0.05, 0.1) is 5.75 Å². The van der Waals surface area contributed by atoms with Crippen molar-refractivity contribution in [3.63, 3.8) is 0 Å². The van der Waals surface area contributed by atoms with E-state index in [1.807, 2.05) is 18.2 Å². The van der Waals surface area contributed by atoms with Gasteiger partial charge in [-0.2, -0.15) is 0 Å². The minimum atomic E-state index is -3.27. The number of anilines is 1. The van der Waals surface area contributed by atoms with E-state index in [0.29, 0.717) is 18.0 Å². The van der Waals surface area contributed by atoms with E-state index >= 15 is 0 Å². The van der Waals surface area contributed by atoms with Gasteiger partial charge in [-0.25, -0.2) is 8.42 Å². The van der Waals surface area contributed by atoms with Gasteiger partial charge in [-0.3, -0.25) is 4.72 Å². The van der Waals surface area contributed by atoms with E-state index in [-0.39, 0.29) is 5.75 Å². The van der Waals surface area contributed by atoms with Gasteiger partial charge in [0.1, 0.15) is 0 Å². The van der Waals surface area contributed by atoms with Crippen molar-refractivity contribution in [2.75, 3.05) is 22.1 Å². The molecule has 6 heteroatoms. The lowest BCUT2D eigenvalue weighted by Gasteiger charge is -2.08. The molecule has 0 aliphatic rings. The summed E-state index contributed by atoms with van der Waals surface area (Å²) in [5, 5.41) is 0. The Hall–Kier alpha value is -0.390. The number of hydrogen-bond donors (Lipinski definition) is 1. The summed E-state index contributed by atoms with van der Waals surface area (Å²) < 4.78 is 25.9. The Kier molecular flexibility index (Phi) is 6.16. The summed E-state index contributed by atoms with van der Waals surface area (Å²) in [5.41, 5.74) is 0.609. The molecule has 96 valence electrons. The highest BCUT2D eigenvalue weighted by Gasteiger charge is 2.09. The van der Waals surface area contributed by atoms with Gasteiger partial charge >= 0.3 is 0 Å². The molecule has 1 N–H and O–H groups in total. The van der Waals surface area contributed by atoms with E-state index in [0.717, 1.165) is 10.6 Å². The van der Waals surface area contributed by atoms with Gasteiger partial charge in [-0.05, 0) is 30.4 Å². The normalized spacial score (nSPS) is 11.4. The Morgan fingerprint density at radius 1 is 1.41 bits per heavy atom. The lowest BCUT2D eigenvalue weighted by molar-refractivity contribution is 0.600. The van der Waals surface area contributed by atoms with Gasteiger partial charge in [0, 0.05) is 16.5 Å². The van der Waals surface area contributed by atoms with Crippen molar-refractivity contribution in [2.24, 2.45) is 0 Å². The summed E-state index contributed by atoms with van der Waals surface area (Å²) in [6.07, 6.45) is 0.459. The number of halogens is 1. The highest BCUT2D eigenvalue weighted by molar-refractivity contribution is 7.99. The molecule has 0 aliphatic carbocycles. The number of rotatable bonds is 7. The predicted octanol–water partition coefficient (Wildman–Crippen LogP) is 3.17. The quantitative estimate of drug-likeness (QED) is 0.620. The summed E-state index contributed by atoms with van der Waals surface area (Å²) in [6, 6.07) is 7.40. The molecule has 0 aromatic heterocycles. The Morgan fingerprint density at radius 2 is 2.18 bits per heavy atom. The number of thioether (sulfide) groups is 1. The third-order valence-electron chi connectivity index (χ3n) is 1.97. The van der Waals surface area contributed by atoms with Crippen LogP contribution >= 0.6 is 23.4 Å². The van der Waals surface area contributed by atoms with Crippen LogP contribution in [0.3, 0.4) is 0 Å². The zero-order chi connectivity index (χ0) is 12.7. The highest BCUT2D eigenvalue weighted by atomic mass is 35.5. The topological polar surface area (TPSA) is 46.2 Å². The Morgan fingerprint density at radius 3 is 2.82 bits per heavy atom. The molecule has 0 bridgehead atoms. The van der Waals surface area contributed by atoms with Gasteiger partial charge in [-0.1, -0.05) is 13.0 Å². The van der Waals surface area contributed by atoms with E-state index in [4.69, 9.17) is 11.6 Å². The molecule has 0 heterocycles. The lowest BCUT2D eigenvalue weighted by atomic mass is 10.3. The van der Waals surface area contributed by atoms with Crippen LogP contribution < -0.4 is 4.72 Å². The van der Waals surface area contributed by atoms with Gasteiger partial charge in [0.25, 0.3) is 0 Å². The average molecular weight is 294 g/mol. The first-order chi connectivity index (χ1) is 8.07. The van der Waals surface area contributed by atoms with Crippen molar-refractivity contribution in [1.29, 1.82) is 0 Å². The minimum Gasteiger partial charge on any atom is -0.284 e. The maximum atomic E-state index is 11.7. The van der Waals surface area contributed by atoms with Crippen molar-refractivity contribution in [1.82, 2.24) is 0 Å². The SMILES string of the molecule is CCSc1cccc(NS(=O)(=O)CCCCl)c1. The molecule has 17 heavy (non-hydrogen) atoms. The van der Waals surface area contributed by atoms with Crippen LogP contribution in [0.2, 0.25) is 0 Å². The Bertz CT molecular complexity index is 449. The monoisotopic (exact) mass is 293 g/mol. The number of nitrogens with one attached hydrogen (secondary N) is 1. The highest BCUT2D eigenvalue weighted by Crippen LogP contribution is 2.21. The van der Waals surface area contributed by atoms with E-state index in [2.05, 4.69) is 11.6 Å². The van der Waals surface area contributed by atoms with E-state index < -0.39 is 10.0 Å². The van der Waals surface area contributed by atoms with Crippen molar-refractivity contribution in [2.45, 2.75) is 18.2 Å². The first-order valence-electron chi connectivity index (χ1n) is 5.36. The summed E-state index contributed by atoms with van der Waals surface area (Å²) >= 11 is 7.16. The van der Waals surface area contributed by atoms with Gasteiger partial charge in [0.2, 0.25) is 10.0 Å². The lowest BCUT2D eigenvalue weighted by Crippen LogP contribution is -2.16. The number of hydrogen-bond acceptors (Lipinski definition) is 3. The molecule has 0 unspecified atom stereocenters. The van der Waals surface area contributed by atoms with Crippen LogP contribution in [0.5, 0.6) is 0 Å². The molecule has 0 aliphatic heterocycles. The molecular weight excluding hydrogens is 278 g/mol. The van der Waals surface area contributed by atoms with Crippen LogP contribution in [0.15, 0.2) is 29.2 Å². The molecule has 0 saturated heterocycles. The zero-order valence-corrected chi connectivity index (χ0v) is 12.0. The molecular formula is C11H16ClNO2S2. The van der Waals surface area contributed by atoms with Crippen molar-refractivity contribution >= 4 is 39.1 Å². The Balaban J connectivity index is 2.70. The summed E-state index contributed by atoms with van der Waals surface area (Å²) in [4.78, 5) is 1.06. The molecule has 0 radical (unpaired) electrons. The van der Waals surface area contributed by atoms with Crippen molar-refractivity contribution in [3.8, 4) is 0 Å². The number of alkyl halides is 1. The van der Waals surface area contributed by atoms with Gasteiger partial charge in [0.15, 0.2) is 0 Å². The summed E-state index contributed by atoms with van der Waals surface area (Å²) in [5.74, 6) is 1.37. The molecule has 1 rings (SSSR count). The van der Waals surface area contributed by atoms with Crippen LogP contribution in [-0.2, 0) is 10.0 Å². The molecule has 3 nitrogen and oxygen atoms in total. The molecule has 0 spiro atoms. The second kappa shape index (κ2) is 7.13. The average Bonchev–Trinajstić information content (AvgIpc) is 2.27.